The van der Waals surface area contributed by atoms with Crippen LogP contribution in [0.1, 0.15) is 101 Å². The zero-order chi connectivity index (χ0) is 54.3. The van der Waals surface area contributed by atoms with E-state index in [-0.39, 0.29) is 94.2 Å². The topological polar surface area (TPSA) is 184 Å². The summed E-state index contributed by atoms with van der Waals surface area (Å²) in [6.07, 6.45) is 6.00. The Morgan fingerprint density at radius 2 is 1.08 bits per heavy atom. The zero-order valence-electron chi connectivity index (χ0n) is 43.0. The Labute approximate surface area is 459 Å². The summed E-state index contributed by atoms with van der Waals surface area (Å²) in [5.41, 5.74) is -0.271. The number of rotatable bonds is 11. The summed E-state index contributed by atoms with van der Waals surface area (Å²) >= 11 is 2.23. The average molecular weight is 1130 g/mol. The zero-order valence-corrected chi connectivity index (χ0v) is 45.4. The molecule has 23 heteroatoms. The first kappa shape index (κ1) is 55.9. The molecule has 1 N–H and O–H groups in total. The normalized spacial score (nSPS) is 16.5. The van der Waals surface area contributed by atoms with Gasteiger partial charge in [0.15, 0.2) is 32.9 Å². The predicted octanol–water partition coefficient (Wildman–Crippen LogP) is 8.92. The lowest BCUT2D eigenvalue weighted by molar-refractivity contribution is -0.0131. The maximum absolute atomic E-state index is 14.3. The highest BCUT2D eigenvalue weighted by atomic mass is 35.5. The van der Waals surface area contributed by atoms with E-state index in [1.807, 2.05) is 62.6 Å². The summed E-state index contributed by atoms with van der Waals surface area (Å²) in [5.74, 6) is -4.01. The summed E-state index contributed by atoms with van der Waals surface area (Å²) in [7, 11) is 0. The maximum Gasteiger partial charge on any atom is 0.274 e. The van der Waals surface area contributed by atoms with Crippen LogP contribution in [0, 0.1) is 23.3 Å². The molecule has 4 aromatic heterocycles. The van der Waals surface area contributed by atoms with Gasteiger partial charge >= 0.3 is 0 Å². The number of fused-ring (bicyclic) bond motifs is 4. The van der Waals surface area contributed by atoms with Crippen LogP contribution in [0.3, 0.4) is 0 Å². The molecule has 16 nitrogen and oxygen atoms in total. The molecule has 410 valence electrons. The minimum Gasteiger partial charge on any atom is -0.503 e. The van der Waals surface area contributed by atoms with E-state index in [9.17, 15) is 41.8 Å². The Hall–Kier alpha value is -6.85. The van der Waals surface area contributed by atoms with Gasteiger partial charge in [0.05, 0.1) is 22.2 Å². The van der Waals surface area contributed by atoms with Crippen LogP contribution in [-0.2, 0) is 40.0 Å². The standard InChI is InChI=1S/C31H30F2N4O4S.C24H24F2N4O4S.ClH/c1-19(2)36-18-31(10-12-40-13-11-31)37-16-23(29-35-34-25(42-29)14-21-8-9-22(32)15-24(21)33)27(38)28(26(37)30(36)39)41-17-20-6-4-3-5-7-20;1-13(2)29-12-24(5-7-34-8-6-24)30-11-16(20(31)21(32)19(30)23(29)33)22-28-27-18(35-22)9-14-3-4-15(25)10-17(14)26;/h3-9,15-16,19H,10-14,17-18H2,1-2H3;3-4,10-11,13,32H,5-9,12H2,1-2H3;1H. The number of benzene rings is 3. The molecule has 2 fully saturated rings. The third-order valence-corrected chi connectivity index (χ3v) is 16.6. The molecule has 2 amide bonds. The first-order valence-corrected chi connectivity index (χ1v) is 26.9. The quantitative estimate of drug-likeness (QED) is 0.122. The molecule has 78 heavy (non-hydrogen) atoms. The molecule has 4 aliphatic rings. The number of pyridine rings is 2. The summed E-state index contributed by atoms with van der Waals surface area (Å²) < 4.78 is 76.1. The van der Waals surface area contributed by atoms with Gasteiger partial charge in [-0.3, -0.25) is 19.2 Å². The van der Waals surface area contributed by atoms with E-state index in [0.717, 1.165) is 40.4 Å². The summed E-state index contributed by atoms with van der Waals surface area (Å²) in [6.45, 7) is 10.8. The minimum atomic E-state index is -0.715. The van der Waals surface area contributed by atoms with Crippen molar-refractivity contribution >= 4 is 46.9 Å². The van der Waals surface area contributed by atoms with Gasteiger partial charge < -0.3 is 38.3 Å². The number of ether oxygens (including phenoxy) is 3. The van der Waals surface area contributed by atoms with E-state index in [2.05, 4.69) is 20.4 Å². The van der Waals surface area contributed by atoms with Crippen LogP contribution in [0.15, 0.2) is 88.7 Å². The second kappa shape index (κ2) is 22.9. The van der Waals surface area contributed by atoms with E-state index in [4.69, 9.17) is 14.2 Å². The van der Waals surface area contributed by atoms with Crippen molar-refractivity contribution in [3.63, 3.8) is 0 Å². The largest absolute Gasteiger partial charge is 0.503 e. The number of aromatic nitrogens is 6. The van der Waals surface area contributed by atoms with E-state index >= 15 is 0 Å². The van der Waals surface area contributed by atoms with Gasteiger partial charge in [-0.2, -0.15) is 0 Å². The Morgan fingerprint density at radius 1 is 0.628 bits per heavy atom. The number of amides is 2. The van der Waals surface area contributed by atoms with Gasteiger partial charge in [0, 0.05) is 89.0 Å². The van der Waals surface area contributed by atoms with Crippen molar-refractivity contribution in [2.45, 2.75) is 96.0 Å². The number of halogens is 5. The maximum atomic E-state index is 14.3. The van der Waals surface area contributed by atoms with Gasteiger partial charge in [0.1, 0.15) is 39.9 Å². The van der Waals surface area contributed by atoms with Crippen LogP contribution >= 0.6 is 35.1 Å². The van der Waals surface area contributed by atoms with Gasteiger partial charge in [-0.25, -0.2) is 17.6 Å². The highest BCUT2D eigenvalue weighted by Crippen LogP contribution is 2.42. The number of hydrogen-bond acceptors (Lipinski definition) is 14. The summed E-state index contributed by atoms with van der Waals surface area (Å²) in [5, 5.41) is 29.1. The number of nitrogens with zero attached hydrogens (tertiary/aromatic N) is 8. The van der Waals surface area contributed by atoms with Crippen LogP contribution in [0.5, 0.6) is 11.5 Å². The molecule has 0 radical (unpaired) electrons. The fourth-order valence-corrected chi connectivity index (χ4v) is 12.1. The Bertz CT molecular complexity index is 3510. The van der Waals surface area contributed by atoms with Gasteiger partial charge in [0.2, 0.25) is 10.9 Å². The number of hydrogen-bond donors (Lipinski definition) is 1. The fourth-order valence-electron chi connectivity index (χ4n) is 10.4. The first-order valence-electron chi connectivity index (χ1n) is 25.2. The Balaban J connectivity index is 0.000000190. The summed E-state index contributed by atoms with van der Waals surface area (Å²) in [6, 6.07) is 15.9. The van der Waals surface area contributed by atoms with Gasteiger partial charge in [-0.05, 0) is 82.2 Å². The minimum absolute atomic E-state index is 0. The Kier molecular flexibility index (Phi) is 16.4. The van der Waals surface area contributed by atoms with Crippen LogP contribution in [0.4, 0.5) is 17.6 Å². The molecule has 8 heterocycles. The van der Waals surface area contributed by atoms with E-state index in [1.54, 1.807) is 26.8 Å². The fraction of sp³-hybridized carbons (Fsp3) is 0.382. The van der Waals surface area contributed by atoms with Gasteiger partial charge in [0.25, 0.3) is 11.8 Å². The highest BCUT2D eigenvalue weighted by Gasteiger charge is 2.48. The van der Waals surface area contributed by atoms with E-state index in [0.29, 0.717) is 80.2 Å². The highest BCUT2D eigenvalue weighted by molar-refractivity contribution is 7.15. The molecule has 3 aromatic carbocycles. The molecule has 2 spiro atoms. The van der Waals surface area contributed by atoms with Crippen LogP contribution in [0.25, 0.3) is 21.1 Å². The lowest BCUT2D eigenvalue weighted by Gasteiger charge is -2.49. The van der Waals surface area contributed by atoms with Crippen LogP contribution in [-0.4, -0.2) is 108 Å². The molecule has 0 aliphatic carbocycles. The number of carbonyl (C=O) groups excluding carboxylic acids is 2. The molecule has 4 aliphatic heterocycles. The van der Waals surface area contributed by atoms with Crippen LogP contribution in [0.2, 0.25) is 0 Å². The molecule has 0 saturated carbocycles. The van der Waals surface area contributed by atoms with Crippen molar-refractivity contribution in [1.29, 1.82) is 0 Å². The molecule has 0 atom stereocenters. The number of carbonyl (C=O) groups is 2. The molecule has 11 rings (SSSR count). The molecule has 0 bridgehead atoms. The molecule has 2 saturated heterocycles. The van der Waals surface area contributed by atoms with Crippen molar-refractivity contribution in [1.82, 2.24) is 39.3 Å². The van der Waals surface area contributed by atoms with Crippen LogP contribution < -0.4 is 15.6 Å². The van der Waals surface area contributed by atoms with Gasteiger partial charge in [-0.15, -0.1) is 32.8 Å². The lowest BCUT2D eigenvalue weighted by atomic mass is 9.85. The third-order valence-electron chi connectivity index (χ3n) is 14.7. The molecular formula is C55H55ClF4N8O8S2. The van der Waals surface area contributed by atoms with E-state index < -0.39 is 56.9 Å². The third kappa shape index (κ3) is 10.8. The first-order chi connectivity index (χ1) is 37.0. The molecular weight excluding hydrogens is 1080 g/mol. The SMILES string of the molecule is CC(C)N1CC2(CCOCC2)n2cc(-c3nnc(Cc4ccc(F)cc4F)s3)c(=O)c(O)c2C1=O.CC(C)N1CC2(CCOCC2)n2cc(-c3nnc(Cc4ccc(F)cc4F)s3)c(=O)c(OCc3ccccc3)c2C1=O.Cl. The Morgan fingerprint density at radius 3 is 1.54 bits per heavy atom. The van der Waals surface area contributed by atoms with Crippen molar-refractivity contribution in [3.8, 4) is 32.6 Å². The smallest absolute Gasteiger partial charge is 0.274 e. The van der Waals surface area contributed by atoms with Crippen molar-refractivity contribution in [3.05, 3.63) is 161 Å². The second-order valence-corrected chi connectivity index (χ2v) is 22.3. The van der Waals surface area contributed by atoms with Crippen molar-refractivity contribution < 1.29 is 46.5 Å². The molecule has 7 aromatic rings. The average Bonchev–Trinajstić information content (AvgIpc) is 4.20. The van der Waals surface area contributed by atoms with Crippen molar-refractivity contribution in [2.75, 3.05) is 39.5 Å². The van der Waals surface area contributed by atoms with E-state index in [1.165, 1.54) is 24.3 Å². The monoisotopic (exact) mass is 1130 g/mol. The van der Waals surface area contributed by atoms with Crippen molar-refractivity contribution in [2.24, 2.45) is 0 Å². The summed E-state index contributed by atoms with van der Waals surface area (Å²) in [4.78, 5) is 58.0. The lowest BCUT2D eigenvalue weighted by Crippen LogP contribution is -2.58. The van der Waals surface area contributed by atoms with Gasteiger partial charge in [-0.1, -0.05) is 65.1 Å². The molecule has 0 unspecified atom stereocenters. The number of aromatic hydroxyl groups is 1. The second-order valence-electron chi connectivity index (χ2n) is 20.2. The predicted molar refractivity (Wildman–Crippen MR) is 286 cm³/mol.